The average Bonchev–Trinajstić information content (AvgIpc) is 2.34. The number of carbonyl (C=O) groups is 2. The second-order valence-corrected chi connectivity index (χ2v) is 5.16. The number of carbonyl (C=O) groups excluding carboxylic acids is 2. The first-order chi connectivity index (χ1) is 9.40. The van der Waals surface area contributed by atoms with E-state index in [4.69, 9.17) is 0 Å². The molecule has 0 saturated heterocycles. The number of aryl methyl sites for hydroxylation is 1. The van der Waals surface area contributed by atoms with Gasteiger partial charge in [0.15, 0.2) is 6.54 Å². The first-order valence-electron chi connectivity index (χ1n) is 6.82. The molecule has 3 N–H and O–H groups in total. The highest BCUT2D eigenvalue weighted by atomic mass is 16.2. The van der Waals surface area contributed by atoms with Crippen molar-refractivity contribution in [2.45, 2.75) is 20.8 Å². The van der Waals surface area contributed by atoms with Crippen molar-refractivity contribution < 1.29 is 14.5 Å². The summed E-state index contributed by atoms with van der Waals surface area (Å²) >= 11 is 0. The minimum atomic E-state index is -0.0439. The second kappa shape index (κ2) is 7.65. The van der Waals surface area contributed by atoms with Crippen molar-refractivity contribution in [1.29, 1.82) is 0 Å². The maximum absolute atomic E-state index is 12.0. The zero-order chi connectivity index (χ0) is 15.1. The van der Waals surface area contributed by atoms with Gasteiger partial charge >= 0.3 is 0 Å². The fourth-order valence-electron chi connectivity index (χ4n) is 1.90. The third kappa shape index (κ3) is 5.40. The van der Waals surface area contributed by atoms with Crippen molar-refractivity contribution in [3.05, 3.63) is 29.3 Å². The first-order valence-corrected chi connectivity index (χ1v) is 6.82. The molecular formula is C15H24N3O2+. The van der Waals surface area contributed by atoms with Gasteiger partial charge in [0.2, 0.25) is 5.91 Å². The summed E-state index contributed by atoms with van der Waals surface area (Å²) in [5.41, 5.74) is 3.12. The number of nitrogens with one attached hydrogen (secondary N) is 3. The fraction of sp³-hybridized carbons (Fsp3) is 0.467. The van der Waals surface area contributed by atoms with Crippen LogP contribution in [0.4, 0.5) is 5.69 Å². The predicted molar refractivity (Wildman–Crippen MR) is 79.9 cm³/mol. The van der Waals surface area contributed by atoms with Gasteiger partial charge < -0.3 is 15.5 Å². The van der Waals surface area contributed by atoms with E-state index in [1.54, 1.807) is 0 Å². The van der Waals surface area contributed by atoms with Gasteiger partial charge in [0.25, 0.3) is 5.91 Å². The zero-order valence-corrected chi connectivity index (χ0v) is 12.7. The number of quaternary nitrogens is 1. The normalized spacial score (nSPS) is 11.8. The lowest BCUT2D eigenvalue weighted by Crippen LogP contribution is -3.10. The Morgan fingerprint density at radius 3 is 2.60 bits per heavy atom. The lowest BCUT2D eigenvalue weighted by atomic mass is 10.1. The van der Waals surface area contributed by atoms with Crippen molar-refractivity contribution in [3.8, 4) is 0 Å². The molecule has 0 aliphatic heterocycles. The minimum Gasteiger partial charge on any atom is -0.351 e. The molecule has 0 radical (unpaired) electrons. The van der Waals surface area contributed by atoms with Crippen LogP contribution in [-0.4, -0.2) is 38.5 Å². The van der Waals surface area contributed by atoms with E-state index in [0.717, 1.165) is 28.3 Å². The van der Waals surface area contributed by atoms with Crippen LogP contribution in [0, 0.1) is 13.8 Å². The van der Waals surface area contributed by atoms with Gasteiger partial charge in [-0.2, -0.15) is 0 Å². The molecule has 1 aromatic rings. The summed E-state index contributed by atoms with van der Waals surface area (Å²) in [6, 6.07) is 5.87. The van der Waals surface area contributed by atoms with E-state index in [2.05, 4.69) is 10.6 Å². The molecule has 5 nitrogen and oxygen atoms in total. The van der Waals surface area contributed by atoms with Crippen LogP contribution in [0.25, 0.3) is 0 Å². The predicted octanol–water partition coefficient (Wildman–Crippen LogP) is -0.107. The molecule has 0 spiro atoms. The lowest BCUT2D eigenvalue weighted by Gasteiger charge is -2.15. The molecule has 0 aromatic heterocycles. The number of amides is 2. The molecule has 1 aromatic carbocycles. The highest BCUT2D eigenvalue weighted by Crippen LogP contribution is 2.17. The molecule has 0 aliphatic carbocycles. The summed E-state index contributed by atoms with van der Waals surface area (Å²) in [5.74, 6) is -0.0586. The number of benzene rings is 1. The van der Waals surface area contributed by atoms with Crippen LogP contribution >= 0.6 is 0 Å². The van der Waals surface area contributed by atoms with E-state index in [9.17, 15) is 9.59 Å². The molecule has 0 fully saturated rings. The third-order valence-corrected chi connectivity index (χ3v) is 3.27. The van der Waals surface area contributed by atoms with E-state index < -0.39 is 0 Å². The fourth-order valence-corrected chi connectivity index (χ4v) is 1.90. The Bertz CT molecular complexity index is 486. The summed E-state index contributed by atoms with van der Waals surface area (Å²) < 4.78 is 0. The van der Waals surface area contributed by atoms with E-state index in [1.165, 1.54) is 6.92 Å². The van der Waals surface area contributed by atoms with Gasteiger partial charge in [-0.15, -0.1) is 0 Å². The standard InChI is InChI=1S/C15H23N3O2/c1-11-6-5-7-14(12(11)2)17-15(20)10-18(4)9-8-16-13(3)19/h5-7H,8-10H2,1-4H3,(H,16,19)(H,17,20)/p+1. The summed E-state index contributed by atoms with van der Waals surface area (Å²) in [5, 5.41) is 5.66. The first kappa shape index (κ1) is 16.2. The topological polar surface area (TPSA) is 62.6 Å². The molecule has 5 heteroatoms. The number of anilines is 1. The van der Waals surface area contributed by atoms with Crippen molar-refractivity contribution in [3.63, 3.8) is 0 Å². The van der Waals surface area contributed by atoms with E-state index >= 15 is 0 Å². The average molecular weight is 278 g/mol. The second-order valence-electron chi connectivity index (χ2n) is 5.16. The van der Waals surface area contributed by atoms with Gasteiger partial charge in [0.05, 0.1) is 20.1 Å². The zero-order valence-electron chi connectivity index (χ0n) is 12.7. The molecule has 110 valence electrons. The highest BCUT2D eigenvalue weighted by Gasteiger charge is 2.11. The van der Waals surface area contributed by atoms with E-state index in [0.29, 0.717) is 13.1 Å². The maximum atomic E-state index is 12.0. The van der Waals surface area contributed by atoms with Crippen LogP contribution in [0.15, 0.2) is 18.2 Å². The van der Waals surface area contributed by atoms with Crippen LogP contribution in [-0.2, 0) is 9.59 Å². The Hall–Kier alpha value is -1.88. The van der Waals surface area contributed by atoms with Gasteiger partial charge in [-0.25, -0.2) is 0 Å². The summed E-state index contributed by atoms with van der Waals surface area (Å²) in [6.45, 7) is 7.20. The molecule has 20 heavy (non-hydrogen) atoms. The number of likely N-dealkylation sites (N-methyl/N-ethyl adjacent to an activating group) is 1. The number of rotatable bonds is 6. The molecule has 1 rings (SSSR count). The highest BCUT2D eigenvalue weighted by molar-refractivity contribution is 5.92. The van der Waals surface area contributed by atoms with E-state index in [1.807, 2.05) is 39.1 Å². The smallest absolute Gasteiger partial charge is 0.279 e. The van der Waals surface area contributed by atoms with Gasteiger partial charge in [-0.1, -0.05) is 12.1 Å². The Labute approximate surface area is 120 Å². The van der Waals surface area contributed by atoms with Crippen LogP contribution in [0.1, 0.15) is 18.1 Å². The molecule has 0 saturated carbocycles. The van der Waals surface area contributed by atoms with Crippen LogP contribution in [0.2, 0.25) is 0 Å². The number of hydrogen-bond acceptors (Lipinski definition) is 2. The quantitative estimate of drug-likeness (QED) is 0.680. The monoisotopic (exact) mass is 278 g/mol. The lowest BCUT2D eigenvalue weighted by molar-refractivity contribution is -0.869. The van der Waals surface area contributed by atoms with Crippen LogP contribution < -0.4 is 15.5 Å². The molecule has 1 unspecified atom stereocenters. The van der Waals surface area contributed by atoms with Gasteiger partial charge in [-0.05, 0) is 31.0 Å². The van der Waals surface area contributed by atoms with Gasteiger partial charge in [-0.3, -0.25) is 9.59 Å². The molecule has 2 amide bonds. The largest absolute Gasteiger partial charge is 0.351 e. The number of hydrogen-bond donors (Lipinski definition) is 3. The molecular weight excluding hydrogens is 254 g/mol. The van der Waals surface area contributed by atoms with Crippen molar-refractivity contribution in [1.82, 2.24) is 5.32 Å². The van der Waals surface area contributed by atoms with Crippen molar-refractivity contribution >= 4 is 17.5 Å². The van der Waals surface area contributed by atoms with E-state index in [-0.39, 0.29) is 11.8 Å². The van der Waals surface area contributed by atoms with Crippen LogP contribution in [0.5, 0.6) is 0 Å². The Morgan fingerprint density at radius 1 is 1.25 bits per heavy atom. The Morgan fingerprint density at radius 2 is 1.95 bits per heavy atom. The van der Waals surface area contributed by atoms with Gasteiger partial charge in [0.1, 0.15) is 0 Å². The van der Waals surface area contributed by atoms with Crippen LogP contribution in [0.3, 0.4) is 0 Å². The van der Waals surface area contributed by atoms with Crippen molar-refractivity contribution in [2.75, 3.05) is 32.0 Å². The maximum Gasteiger partial charge on any atom is 0.279 e. The molecule has 0 heterocycles. The van der Waals surface area contributed by atoms with Crippen molar-refractivity contribution in [2.24, 2.45) is 0 Å². The minimum absolute atomic E-state index is 0.0148. The van der Waals surface area contributed by atoms with Gasteiger partial charge in [0, 0.05) is 12.6 Å². The Kier molecular flexibility index (Phi) is 6.18. The Balaban J connectivity index is 2.43. The molecule has 1 atom stereocenters. The molecule has 0 aliphatic rings. The SMILES string of the molecule is CC(=O)NCC[NH+](C)CC(=O)Nc1cccc(C)c1C. The summed E-state index contributed by atoms with van der Waals surface area (Å²) in [6.07, 6.45) is 0. The summed E-state index contributed by atoms with van der Waals surface area (Å²) in [4.78, 5) is 23.8. The molecule has 0 bridgehead atoms. The third-order valence-electron chi connectivity index (χ3n) is 3.27. The summed E-state index contributed by atoms with van der Waals surface area (Å²) in [7, 11) is 1.94.